The average Bonchev–Trinajstić information content (AvgIpc) is 3.16. The lowest BCUT2D eigenvalue weighted by molar-refractivity contribution is 0.125. The molecule has 1 aliphatic heterocycles. The van der Waals surface area contributed by atoms with Crippen LogP contribution in [-0.4, -0.2) is 52.1 Å². The Hall–Kier alpha value is -3.15. The highest BCUT2D eigenvalue weighted by Gasteiger charge is 2.18. The van der Waals surface area contributed by atoms with Crippen molar-refractivity contribution in [2.45, 2.75) is 33.4 Å². The molecule has 5 rings (SSSR count). The molecule has 0 amide bonds. The number of nitrogens with one attached hydrogen (secondary N) is 1. The summed E-state index contributed by atoms with van der Waals surface area (Å²) >= 11 is 0. The smallest absolute Gasteiger partial charge is 0.306 e. The molecule has 5 heteroatoms. The van der Waals surface area contributed by atoms with Crippen LogP contribution in [0.5, 0.6) is 0 Å². The first kappa shape index (κ1) is 22.6. The first-order valence-electron chi connectivity index (χ1n) is 12.4. The predicted octanol–water partition coefficient (Wildman–Crippen LogP) is 4.82. The Morgan fingerprint density at radius 2 is 1.53 bits per heavy atom. The monoisotopic (exact) mass is 454 g/mol. The molecule has 0 aliphatic carbocycles. The van der Waals surface area contributed by atoms with Gasteiger partial charge in [0.2, 0.25) is 0 Å². The lowest BCUT2D eigenvalue weighted by Crippen LogP contribution is -2.46. The average molecular weight is 455 g/mol. The summed E-state index contributed by atoms with van der Waals surface area (Å²) in [7, 11) is 0. The normalized spacial score (nSPS) is 15.2. The Balaban J connectivity index is 1.16. The maximum Gasteiger partial charge on any atom is 0.326 e. The number of aryl methyl sites for hydroxylation is 3. The van der Waals surface area contributed by atoms with Crippen molar-refractivity contribution in [1.82, 2.24) is 19.4 Å². The number of nitrogens with zero attached hydrogens (tertiary/aromatic N) is 3. The number of imidazole rings is 1. The number of fused-ring (bicyclic) bond motifs is 1. The van der Waals surface area contributed by atoms with Gasteiger partial charge in [-0.05, 0) is 61.2 Å². The molecule has 1 aromatic heterocycles. The van der Waals surface area contributed by atoms with Crippen LogP contribution < -0.4 is 5.69 Å². The fraction of sp³-hybridized carbons (Fsp3) is 0.345. The Morgan fingerprint density at radius 1 is 0.794 bits per heavy atom. The van der Waals surface area contributed by atoms with Gasteiger partial charge >= 0.3 is 5.69 Å². The molecule has 1 N–H and O–H groups in total. The van der Waals surface area contributed by atoms with Crippen LogP contribution in [0.3, 0.4) is 0 Å². The van der Waals surface area contributed by atoms with E-state index in [0.29, 0.717) is 0 Å². The fourth-order valence-electron chi connectivity index (χ4n) is 5.23. The Kier molecular flexibility index (Phi) is 6.66. The zero-order chi connectivity index (χ0) is 23.5. The molecule has 0 unspecified atom stereocenters. The quantitative estimate of drug-likeness (QED) is 0.435. The van der Waals surface area contributed by atoms with Crippen LogP contribution in [0.4, 0.5) is 0 Å². The van der Waals surface area contributed by atoms with Crippen molar-refractivity contribution in [3.8, 4) is 11.1 Å². The van der Waals surface area contributed by atoms with E-state index in [1.54, 1.807) is 0 Å². The summed E-state index contributed by atoms with van der Waals surface area (Å²) in [4.78, 5) is 20.4. The molecule has 0 spiro atoms. The number of aromatic amines is 1. The molecule has 176 valence electrons. The van der Waals surface area contributed by atoms with E-state index in [1.165, 1.54) is 27.8 Å². The molecule has 1 aliphatic rings. The maximum absolute atomic E-state index is 12.3. The third-order valence-corrected chi connectivity index (χ3v) is 7.09. The summed E-state index contributed by atoms with van der Waals surface area (Å²) in [5.74, 6) is 0. The van der Waals surface area contributed by atoms with E-state index in [-0.39, 0.29) is 5.69 Å². The van der Waals surface area contributed by atoms with E-state index in [1.807, 2.05) is 28.8 Å². The van der Waals surface area contributed by atoms with Crippen LogP contribution >= 0.6 is 0 Å². The number of aromatic nitrogens is 2. The van der Waals surface area contributed by atoms with Crippen LogP contribution in [0.1, 0.15) is 23.1 Å². The van der Waals surface area contributed by atoms with Crippen molar-refractivity contribution in [3.05, 3.63) is 93.9 Å². The minimum Gasteiger partial charge on any atom is -0.306 e. The SMILES string of the molecule is Cc1ccc(-c2ccccc2CN2CCN(CCCn3c(=O)[nH]c4ccccc43)CC2)c(C)c1. The van der Waals surface area contributed by atoms with Crippen LogP contribution in [-0.2, 0) is 13.1 Å². The van der Waals surface area contributed by atoms with Gasteiger partial charge in [-0.2, -0.15) is 0 Å². The van der Waals surface area contributed by atoms with Crippen molar-refractivity contribution >= 4 is 11.0 Å². The second-order valence-corrected chi connectivity index (χ2v) is 9.55. The molecule has 5 nitrogen and oxygen atoms in total. The van der Waals surface area contributed by atoms with Crippen LogP contribution in [0.15, 0.2) is 71.5 Å². The fourth-order valence-corrected chi connectivity index (χ4v) is 5.23. The maximum atomic E-state index is 12.3. The van der Waals surface area contributed by atoms with Gasteiger partial charge in [0.1, 0.15) is 0 Å². The summed E-state index contributed by atoms with van der Waals surface area (Å²) in [5, 5.41) is 0. The van der Waals surface area contributed by atoms with Gasteiger partial charge in [-0.1, -0.05) is 60.2 Å². The van der Waals surface area contributed by atoms with E-state index in [9.17, 15) is 4.79 Å². The van der Waals surface area contributed by atoms with Crippen LogP contribution in [0.2, 0.25) is 0 Å². The van der Waals surface area contributed by atoms with Crippen molar-refractivity contribution in [1.29, 1.82) is 0 Å². The Bertz CT molecular complexity index is 1330. The van der Waals surface area contributed by atoms with Crippen molar-refractivity contribution in [2.24, 2.45) is 0 Å². The van der Waals surface area contributed by atoms with Crippen LogP contribution in [0.25, 0.3) is 22.2 Å². The molecule has 4 aromatic rings. The summed E-state index contributed by atoms with van der Waals surface area (Å²) < 4.78 is 1.87. The summed E-state index contributed by atoms with van der Waals surface area (Å²) in [6, 6.07) is 23.5. The minimum atomic E-state index is -0.00602. The molecule has 2 heterocycles. The molecule has 34 heavy (non-hydrogen) atoms. The molecule has 0 saturated carbocycles. The zero-order valence-electron chi connectivity index (χ0n) is 20.3. The molecule has 1 saturated heterocycles. The first-order chi connectivity index (χ1) is 16.6. The summed E-state index contributed by atoms with van der Waals surface area (Å²) in [5.41, 5.74) is 8.66. The number of rotatable bonds is 7. The molecular formula is C29H34N4O. The number of benzene rings is 3. The second-order valence-electron chi connectivity index (χ2n) is 9.55. The highest BCUT2D eigenvalue weighted by molar-refractivity contribution is 5.75. The number of hydrogen-bond acceptors (Lipinski definition) is 3. The van der Waals surface area contributed by atoms with E-state index in [2.05, 4.69) is 71.1 Å². The van der Waals surface area contributed by atoms with Crippen molar-refractivity contribution < 1.29 is 0 Å². The van der Waals surface area contributed by atoms with E-state index in [4.69, 9.17) is 0 Å². The number of para-hydroxylation sites is 2. The van der Waals surface area contributed by atoms with Gasteiger partial charge in [0.25, 0.3) is 0 Å². The van der Waals surface area contributed by atoms with E-state index < -0.39 is 0 Å². The lowest BCUT2D eigenvalue weighted by Gasteiger charge is -2.35. The largest absolute Gasteiger partial charge is 0.326 e. The Morgan fingerprint density at radius 3 is 2.35 bits per heavy atom. The van der Waals surface area contributed by atoms with Gasteiger partial charge in [-0.3, -0.25) is 9.47 Å². The molecule has 0 bridgehead atoms. The minimum absolute atomic E-state index is 0.00602. The lowest BCUT2D eigenvalue weighted by atomic mass is 9.94. The molecule has 0 radical (unpaired) electrons. The number of hydrogen-bond donors (Lipinski definition) is 1. The van der Waals surface area contributed by atoms with E-state index in [0.717, 1.165) is 63.3 Å². The van der Waals surface area contributed by atoms with Gasteiger partial charge in [-0.25, -0.2) is 4.79 Å². The second kappa shape index (κ2) is 10.00. The standard InChI is InChI=1S/C29H34N4O/c1-22-12-13-25(23(2)20-22)26-9-4-3-8-24(26)21-32-18-16-31(17-19-32)14-7-15-33-28-11-6-5-10-27(28)30-29(33)34/h3-6,8-13,20H,7,14-19,21H2,1-2H3,(H,30,34). The highest BCUT2D eigenvalue weighted by atomic mass is 16.1. The molecular weight excluding hydrogens is 420 g/mol. The van der Waals surface area contributed by atoms with Crippen LogP contribution in [0, 0.1) is 13.8 Å². The first-order valence-corrected chi connectivity index (χ1v) is 12.4. The molecule has 3 aromatic carbocycles. The van der Waals surface area contributed by atoms with Crippen molar-refractivity contribution in [3.63, 3.8) is 0 Å². The number of H-pyrrole nitrogens is 1. The van der Waals surface area contributed by atoms with Gasteiger partial charge in [0, 0.05) is 39.3 Å². The molecule has 0 atom stereocenters. The van der Waals surface area contributed by atoms with E-state index >= 15 is 0 Å². The van der Waals surface area contributed by atoms with Gasteiger partial charge in [0.05, 0.1) is 11.0 Å². The van der Waals surface area contributed by atoms with Gasteiger partial charge < -0.3 is 9.88 Å². The molecule has 1 fully saturated rings. The topological polar surface area (TPSA) is 44.3 Å². The number of piperazine rings is 1. The van der Waals surface area contributed by atoms with Gasteiger partial charge in [0.15, 0.2) is 0 Å². The highest BCUT2D eigenvalue weighted by Crippen LogP contribution is 2.28. The summed E-state index contributed by atoms with van der Waals surface area (Å²) in [6.07, 6.45) is 0.983. The van der Waals surface area contributed by atoms with Crippen molar-refractivity contribution in [2.75, 3.05) is 32.7 Å². The third-order valence-electron chi connectivity index (χ3n) is 7.09. The zero-order valence-corrected chi connectivity index (χ0v) is 20.3. The predicted molar refractivity (Wildman–Crippen MR) is 140 cm³/mol. The Labute approximate surface area is 201 Å². The van der Waals surface area contributed by atoms with Gasteiger partial charge in [-0.15, -0.1) is 0 Å². The third kappa shape index (κ3) is 4.86. The summed E-state index contributed by atoms with van der Waals surface area (Å²) in [6.45, 7) is 11.4.